The van der Waals surface area contributed by atoms with E-state index in [-0.39, 0.29) is 0 Å². The van der Waals surface area contributed by atoms with Crippen LogP contribution in [0.15, 0.2) is 48.5 Å². The summed E-state index contributed by atoms with van der Waals surface area (Å²) in [4.78, 5) is 2.21. The van der Waals surface area contributed by atoms with E-state index < -0.39 is 0 Å². The monoisotopic (exact) mass is 240 g/mol. The maximum Gasteiger partial charge on any atom is 0.0597 e. The highest BCUT2D eigenvalue weighted by Crippen LogP contribution is 2.21. The first-order valence-corrected chi connectivity index (χ1v) is 6.28. The third-order valence-electron chi connectivity index (χ3n) is 3.33. The number of benzene rings is 2. The van der Waals surface area contributed by atoms with E-state index in [2.05, 4.69) is 49.2 Å². The minimum absolute atomic E-state index is 0.838. The van der Waals surface area contributed by atoms with Crippen molar-refractivity contribution in [3.05, 3.63) is 59.7 Å². The summed E-state index contributed by atoms with van der Waals surface area (Å²) in [5.74, 6) is 0. The van der Waals surface area contributed by atoms with Gasteiger partial charge in [-0.3, -0.25) is 0 Å². The Balaban J connectivity index is 2.03. The third kappa shape index (κ3) is 2.83. The van der Waals surface area contributed by atoms with Crippen LogP contribution in [0.25, 0.3) is 0 Å². The lowest BCUT2D eigenvalue weighted by Crippen LogP contribution is -2.21. The first-order valence-electron chi connectivity index (χ1n) is 6.28. The van der Waals surface area contributed by atoms with Gasteiger partial charge in [0.2, 0.25) is 0 Å². The molecule has 2 aromatic rings. The van der Waals surface area contributed by atoms with Crippen molar-refractivity contribution < 1.29 is 0 Å². The molecular formula is C16H20N2. The van der Waals surface area contributed by atoms with Gasteiger partial charge in [-0.2, -0.15) is 0 Å². The van der Waals surface area contributed by atoms with Crippen LogP contribution in [0.4, 0.5) is 11.4 Å². The van der Waals surface area contributed by atoms with Gasteiger partial charge in [-0.05, 0) is 36.6 Å². The fraction of sp³-hybridized carbons (Fsp3) is 0.250. The van der Waals surface area contributed by atoms with Crippen LogP contribution < -0.4 is 10.6 Å². The summed E-state index contributed by atoms with van der Waals surface area (Å²) in [5, 5.41) is 0. The number of aryl methyl sites for hydroxylation is 1. The molecule has 0 bridgehead atoms. The summed E-state index contributed by atoms with van der Waals surface area (Å²) >= 11 is 0. The van der Waals surface area contributed by atoms with Gasteiger partial charge in [0.15, 0.2) is 0 Å². The summed E-state index contributed by atoms with van der Waals surface area (Å²) < 4.78 is 0. The van der Waals surface area contributed by atoms with Crippen LogP contribution >= 0.6 is 0 Å². The second-order valence-corrected chi connectivity index (χ2v) is 4.66. The fourth-order valence-corrected chi connectivity index (χ4v) is 2.13. The van der Waals surface area contributed by atoms with Crippen molar-refractivity contribution in [1.29, 1.82) is 0 Å². The molecule has 0 radical (unpaired) electrons. The Labute approximate surface area is 109 Å². The zero-order valence-electron chi connectivity index (χ0n) is 11.1. The van der Waals surface area contributed by atoms with E-state index >= 15 is 0 Å². The molecule has 0 saturated carbocycles. The number of rotatable bonds is 4. The van der Waals surface area contributed by atoms with E-state index in [1.54, 1.807) is 0 Å². The van der Waals surface area contributed by atoms with Crippen LogP contribution in [0.1, 0.15) is 11.1 Å². The van der Waals surface area contributed by atoms with Crippen molar-refractivity contribution in [3.8, 4) is 0 Å². The lowest BCUT2D eigenvalue weighted by molar-refractivity contribution is 0.873. The summed E-state index contributed by atoms with van der Waals surface area (Å²) in [6, 6.07) is 16.5. The summed E-state index contributed by atoms with van der Waals surface area (Å²) in [6.45, 7) is 3.13. The van der Waals surface area contributed by atoms with Gasteiger partial charge < -0.3 is 10.6 Å². The Kier molecular flexibility index (Phi) is 3.88. The molecule has 2 heteroatoms. The number of nitrogen functional groups attached to an aromatic ring is 1. The number of anilines is 2. The zero-order valence-corrected chi connectivity index (χ0v) is 11.1. The molecule has 0 aliphatic heterocycles. The van der Waals surface area contributed by atoms with Crippen molar-refractivity contribution in [2.75, 3.05) is 24.2 Å². The number of para-hydroxylation sites is 2. The molecule has 0 saturated heterocycles. The number of nitrogens with zero attached hydrogens (tertiary/aromatic N) is 1. The van der Waals surface area contributed by atoms with Gasteiger partial charge in [-0.15, -0.1) is 0 Å². The predicted molar refractivity (Wildman–Crippen MR) is 79.0 cm³/mol. The van der Waals surface area contributed by atoms with Crippen LogP contribution in [-0.2, 0) is 6.42 Å². The Hall–Kier alpha value is -1.96. The van der Waals surface area contributed by atoms with E-state index in [0.29, 0.717) is 0 Å². The fourth-order valence-electron chi connectivity index (χ4n) is 2.13. The molecule has 2 aromatic carbocycles. The van der Waals surface area contributed by atoms with Gasteiger partial charge in [0.1, 0.15) is 0 Å². The maximum absolute atomic E-state index is 5.98. The minimum Gasteiger partial charge on any atom is -0.397 e. The van der Waals surface area contributed by atoms with Gasteiger partial charge in [0, 0.05) is 13.6 Å². The van der Waals surface area contributed by atoms with E-state index in [9.17, 15) is 0 Å². The Morgan fingerprint density at radius 2 is 1.67 bits per heavy atom. The summed E-state index contributed by atoms with van der Waals surface area (Å²) in [6.07, 6.45) is 1.04. The molecule has 2 rings (SSSR count). The average molecular weight is 240 g/mol. The standard InChI is InChI=1S/C16H20N2/c1-13-7-3-4-8-14(13)11-12-18(2)16-10-6-5-9-15(16)17/h3-10H,11-12,17H2,1-2H3. The lowest BCUT2D eigenvalue weighted by Gasteiger charge is -2.21. The molecule has 0 spiro atoms. The molecule has 2 N–H and O–H groups in total. The Morgan fingerprint density at radius 1 is 1.00 bits per heavy atom. The number of hydrogen-bond donors (Lipinski definition) is 1. The molecule has 0 unspecified atom stereocenters. The number of nitrogens with two attached hydrogens (primary N) is 1. The van der Waals surface area contributed by atoms with Crippen molar-refractivity contribution >= 4 is 11.4 Å². The van der Waals surface area contributed by atoms with E-state index in [4.69, 9.17) is 5.73 Å². The molecule has 0 heterocycles. The molecule has 0 amide bonds. The largest absolute Gasteiger partial charge is 0.397 e. The van der Waals surface area contributed by atoms with Crippen LogP contribution in [0.3, 0.4) is 0 Å². The molecule has 0 aliphatic carbocycles. The Bertz CT molecular complexity index is 520. The smallest absolute Gasteiger partial charge is 0.0597 e. The Morgan fingerprint density at radius 3 is 2.39 bits per heavy atom. The molecule has 0 fully saturated rings. The van der Waals surface area contributed by atoms with Gasteiger partial charge in [0.05, 0.1) is 11.4 Å². The van der Waals surface area contributed by atoms with E-state index in [0.717, 1.165) is 24.3 Å². The van der Waals surface area contributed by atoms with E-state index in [1.807, 2.05) is 18.2 Å². The molecule has 2 nitrogen and oxygen atoms in total. The highest BCUT2D eigenvalue weighted by atomic mass is 15.1. The van der Waals surface area contributed by atoms with Crippen molar-refractivity contribution in [2.24, 2.45) is 0 Å². The first kappa shape index (κ1) is 12.5. The van der Waals surface area contributed by atoms with E-state index in [1.165, 1.54) is 11.1 Å². The van der Waals surface area contributed by atoms with Crippen LogP contribution in [0.2, 0.25) is 0 Å². The molecule has 18 heavy (non-hydrogen) atoms. The van der Waals surface area contributed by atoms with Crippen LogP contribution in [0.5, 0.6) is 0 Å². The van der Waals surface area contributed by atoms with Gasteiger partial charge in [0.25, 0.3) is 0 Å². The zero-order chi connectivity index (χ0) is 13.0. The van der Waals surface area contributed by atoms with Crippen molar-refractivity contribution in [1.82, 2.24) is 0 Å². The second-order valence-electron chi connectivity index (χ2n) is 4.66. The quantitative estimate of drug-likeness (QED) is 0.831. The lowest BCUT2D eigenvalue weighted by atomic mass is 10.1. The van der Waals surface area contributed by atoms with Crippen LogP contribution in [0, 0.1) is 6.92 Å². The minimum atomic E-state index is 0.838. The summed E-state index contributed by atoms with van der Waals surface area (Å²) in [5.41, 5.74) is 10.7. The SMILES string of the molecule is Cc1ccccc1CCN(C)c1ccccc1N. The second kappa shape index (κ2) is 5.58. The average Bonchev–Trinajstić information content (AvgIpc) is 2.38. The van der Waals surface area contributed by atoms with Crippen molar-refractivity contribution in [2.45, 2.75) is 13.3 Å². The molecule has 0 aliphatic rings. The first-order chi connectivity index (χ1) is 8.68. The van der Waals surface area contributed by atoms with Crippen LogP contribution in [-0.4, -0.2) is 13.6 Å². The number of likely N-dealkylation sites (N-methyl/N-ethyl adjacent to an activating group) is 1. The van der Waals surface area contributed by atoms with Gasteiger partial charge >= 0.3 is 0 Å². The maximum atomic E-state index is 5.98. The molecular weight excluding hydrogens is 220 g/mol. The summed E-state index contributed by atoms with van der Waals surface area (Å²) in [7, 11) is 2.09. The topological polar surface area (TPSA) is 29.3 Å². The third-order valence-corrected chi connectivity index (χ3v) is 3.33. The molecule has 94 valence electrons. The highest BCUT2D eigenvalue weighted by molar-refractivity contribution is 5.66. The predicted octanol–water partition coefficient (Wildman–Crippen LogP) is 3.26. The molecule has 0 aromatic heterocycles. The molecule has 0 atom stereocenters. The van der Waals surface area contributed by atoms with Crippen molar-refractivity contribution in [3.63, 3.8) is 0 Å². The highest BCUT2D eigenvalue weighted by Gasteiger charge is 2.05. The van der Waals surface area contributed by atoms with Gasteiger partial charge in [-0.25, -0.2) is 0 Å². The normalized spacial score (nSPS) is 10.3. The van der Waals surface area contributed by atoms with Gasteiger partial charge in [-0.1, -0.05) is 36.4 Å². The number of hydrogen-bond acceptors (Lipinski definition) is 2.